The molecule has 2 unspecified atom stereocenters. The van der Waals surface area contributed by atoms with Gasteiger partial charge in [0.2, 0.25) is 5.91 Å². The van der Waals surface area contributed by atoms with Crippen LogP contribution in [0.2, 0.25) is 0 Å². The maximum atomic E-state index is 11.9. The molecule has 0 aromatic rings. The van der Waals surface area contributed by atoms with Crippen LogP contribution in [0, 0.1) is 0 Å². The molecule has 0 aromatic carbocycles. The molecule has 1 rings (SSSR count). The number of hydrogen-bond acceptors (Lipinski definition) is 5. The van der Waals surface area contributed by atoms with Gasteiger partial charge in [0.05, 0.1) is 11.8 Å². The molecule has 1 fully saturated rings. The van der Waals surface area contributed by atoms with Gasteiger partial charge in [0.1, 0.15) is 9.84 Å². The lowest BCUT2D eigenvalue weighted by Gasteiger charge is -2.32. The molecular weight excluding hydrogens is 266 g/mol. The zero-order valence-electron chi connectivity index (χ0n) is 11.8. The Labute approximate surface area is 115 Å². The summed E-state index contributed by atoms with van der Waals surface area (Å²) < 4.78 is 22.1. The van der Waals surface area contributed by atoms with E-state index >= 15 is 0 Å². The average molecular weight is 291 g/mol. The molecule has 3 N–H and O–H groups in total. The molecular formula is C12H25N3O3S. The van der Waals surface area contributed by atoms with E-state index in [1.165, 1.54) is 0 Å². The molecule has 0 spiro atoms. The summed E-state index contributed by atoms with van der Waals surface area (Å²) in [5, 5.41) is 2.92. The van der Waals surface area contributed by atoms with Crippen molar-refractivity contribution in [3.8, 4) is 0 Å². The van der Waals surface area contributed by atoms with Crippen molar-refractivity contribution in [2.45, 2.75) is 38.3 Å². The monoisotopic (exact) mass is 291 g/mol. The Morgan fingerprint density at radius 1 is 1.53 bits per heavy atom. The van der Waals surface area contributed by atoms with Gasteiger partial charge in [0.15, 0.2) is 0 Å². The molecule has 1 amide bonds. The van der Waals surface area contributed by atoms with Crippen molar-refractivity contribution in [2.24, 2.45) is 5.73 Å². The van der Waals surface area contributed by atoms with Crippen LogP contribution in [-0.2, 0) is 14.6 Å². The van der Waals surface area contributed by atoms with Crippen molar-refractivity contribution in [3.63, 3.8) is 0 Å². The van der Waals surface area contributed by atoms with Crippen molar-refractivity contribution >= 4 is 15.7 Å². The first-order chi connectivity index (χ1) is 8.81. The van der Waals surface area contributed by atoms with Gasteiger partial charge in [-0.2, -0.15) is 0 Å². The van der Waals surface area contributed by atoms with Gasteiger partial charge in [-0.05, 0) is 32.4 Å². The van der Waals surface area contributed by atoms with E-state index in [1.807, 2.05) is 0 Å². The maximum absolute atomic E-state index is 11.9. The van der Waals surface area contributed by atoms with E-state index in [2.05, 4.69) is 17.1 Å². The number of likely N-dealkylation sites (N-methyl/N-ethyl adjacent to an activating group) is 1. The molecule has 1 heterocycles. The lowest BCUT2D eigenvalue weighted by atomic mass is 10.1. The van der Waals surface area contributed by atoms with Crippen LogP contribution in [0.1, 0.15) is 26.2 Å². The number of carbonyl (C=O) groups is 1. The normalized spacial score (nSPS) is 23.0. The highest BCUT2D eigenvalue weighted by Crippen LogP contribution is 2.09. The van der Waals surface area contributed by atoms with Crippen LogP contribution in [0.4, 0.5) is 0 Å². The summed E-state index contributed by atoms with van der Waals surface area (Å²) in [6, 6.07) is -0.614. The second-order valence-corrected chi connectivity index (χ2v) is 7.53. The highest BCUT2D eigenvalue weighted by molar-refractivity contribution is 7.90. The van der Waals surface area contributed by atoms with E-state index in [-0.39, 0.29) is 24.1 Å². The summed E-state index contributed by atoms with van der Waals surface area (Å²) in [5.41, 5.74) is 5.72. The fraction of sp³-hybridized carbons (Fsp3) is 0.917. The highest BCUT2D eigenvalue weighted by Gasteiger charge is 2.23. The number of likely N-dealkylation sites (tertiary alicyclic amines) is 1. The number of nitrogens with two attached hydrogens (primary N) is 1. The predicted molar refractivity (Wildman–Crippen MR) is 75.6 cm³/mol. The second kappa shape index (κ2) is 7.21. The topological polar surface area (TPSA) is 92.5 Å². The number of amides is 1. The molecule has 1 aliphatic rings. The third kappa shape index (κ3) is 6.35. The number of piperidine rings is 1. The standard InChI is InChI=1S/C12H25N3O3S/c1-3-15-7-4-5-10(9-15)14-12(16)11(13)6-8-19(2,17)18/h10-11H,3-9,13H2,1-2H3,(H,14,16). The van der Waals surface area contributed by atoms with Crippen molar-refractivity contribution in [2.75, 3.05) is 31.6 Å². The first kappa shape index (κ1) is 16.4. The van der Waals surface area contributed by atoms with Crippen molar-refractivity contribution in [3.05, 3.63) is 0 Å². The Kier molecular flexibility index (Phi) is 6.22. The molecule has 0 bridgehead atoms. The average Bonchev–Trinajstić information content (AvgIpc) is 2.35. The molecule has 1 saturated heterocycles. The fourth-order valence-corrected chi connectivity index (χ4v) is 2.92. The van der Waals surface area contributed by atoms with Crippen molar-refractivity contribution < 1.29 is 13.2 Å². The number of nitrogens with zero attached hydrogens (tertiary/aromatic N) is 1. The number of hydrogen-bond donors (Lipinski definition) is 2. The van der Waals surface area contributed by atoms with Gasteiger partial charge in [-0.25, -0.2) is 8.42 Å². The zero-order valence-corrected chi connectivity index (χ0v) is 12.6. The summed E-state index contributed by atoms with van der Waals surface area (Å²) in [4.78, 5) is 14.2. The Hall–Kier alpha value is -0.660. The molecule has 19 heavy (non-hydrogen) atoms. The van der Waals surface area contributed by atoms with Crippen LogP contribution in [0.25, 0.3) is 0 Å². The van der Waals surface area contributed by atoms with Crippen molar-refractivity contribution in [1.29, 1.82) is 0 Å². The first-order valence-corrected chi connectivity index (χ1v) is 8.84. The van der Waals surface area contributed by atoms with Gasteiger partial charge in [0, 0.05) is 18.8 Å². The van der Waals surface area contributed by atoms with Crippen LogP contribution in [0.5, 0.6) is 0 Å². The number of nitrogens with one attached hydrogen (secondary N) is 1. The van der Waals surface area contributed by atoms with E-state index in [1.54, 1.807) is 0 Å². The number of sulfone groups is 1. The van der Waals surface area contributed by atoms with E-state index in [0.29, 0.717) is 0 Å². The van der Waals surface area contributed by atoms with Crippen LogP contribution in [-0.4, -0.2) is 63.0 Å². The van der Waals surface area contributed by atoms with Crippen LogP contribution < -0.4 is 11.1 Å². The molecule has 0 aliphatic carbocycles. The largest absolute Gasteiger partial charge is 0.351 e. The van der Waals surface area contributed by atoms with Crippen LogP contribution >= 0.6 is 0 Å². The highest BCUT2D eigenvalue weighted by atomic mass is 32.2. The van der Waals surface area contributed by atoms with Gasteiger partial charge in [0.25, 0.3) is 0 Å². The lowest BCUT2D eigenvalue weighted by Crippen LogP contribution is -2.52. The third-order valence-corrected chi connectivity index (χ3v) is 4.41. The zero-order chi connectivity index (χ0) is 14.5. The summed E-state index contributed by atoms with van der Waals surface area (Å²) in [5.74, 6) is -0.292. The van der Waals surface area contributed by atoms with Gasteiger partial charge < -0.3 is 16.0 Å². The summed E-state index contributed by atoms with van der Waals surface area (Å²) in [6.45, 7) is 5.00. The minimum absolute atomic E-state index is 0.0483. The van der Waals surface area contributed by atoms with Gasteiger partial charge in [-0.3, -0.25) is 4.79 Å². The van der Waals surface area contributed by atoms with E-state index in [4.69, 9.17) is 5.73 Å². The molecule has 0 radical (unpaired) electrons. The lowest BCUT2D eigenvalue weighted by molar-refractivity contribution is -0.123. The summed E-state index contributed by atoms with van der Waals surface area (Å²) in [6.07, 6.45) is 3.35. The minimum Gasteiger partial charge on any atom is -0.351 e. The molecule has 7 heteroatoms. The Balaban J connectivity index is 2.37. The van der Waals surface area contributed by atoms with Crippen LogP contribution in [0.15, 0.2) is 0 Å². The Morgan fingerprint density at radius 3 is 2.79 bits per heavy atom. The third-order valence-electron chi connectivity index (χ3n) is 3.44. The Bertz CT molecular complexity index is 397. The van der Waals surface area contributed by atoms with Crippen LogP contribution in [0.3, 0.4) is 0 Å². The molecule has 1 aliphatic heterocycles. The van der Waals surface area contributed by atoms with Gasteiger partial charge in [-0.15, -0.1) is 0 Å². The van der Waals surface area contributed by atoms with Crippen molar-refractivity contribution in [1.82, 2.24) is 10.2 Å². The van der Waals surface area contributed by atoms with E-state index in [0.717, 1.165) is 38.7 Å². The SMILES string of the molecule is CCN1CCCC(NC(=O)C(N)CCS(C)(=O)=O)C1. The Morgan fingerprint density at radius 2 is 2.21 bits per heavy atom. The summed E-state index contributed by atoms with van der Waals surface area (Å²) >= 11 is 0. The number of carbonyl (C=O) groups excluding carboxylic acids is 1. The molecule has 6 nitrogen and oxygen atoms in total. The second-order valence-electron chi connectivity index (χ2n) is 5.27. The molecule has 112 valence electrons. The molecule has 0 aromatic heterocycles. The quantitative estimate of drug-likeness (QED) is 0.678. The van der Waals surface area contributed by atoms with E-state index < -0.39 is 15.9 Å². The summed E-state index contributed by atoms with van der Waals surface area (Å²) in [7, 11) is -3.07. The predicted octanol–water partition coefficient (Wildman–Crippen LogP) is -0.651. The van der Waals surface area contributed by atoms with Gasteiger partial charge in [-0.1, -0.05) is 6.92 Å². The maximum Gasteiger partial charge on any atom is 0.237 e. The number of rotatable bonds is 6. The fourth-order valence-electron chi connectivity index (χ4n) is 2.24. The molecule has 2 atom stereocenters. The van der Waals surface area contributed by atoms with Gasteiger partial charge >= 0.3 is 0 Å². The minimum atomic E-state index is -3.07. The first-order valence-electron chi connectivity index (χ1n) is 6.78. The van der Waals surface area contributed by atoms with E-state index in [9.17, 15) is 13.2 Å². The smallest absolute Gasteiger partial charge is 0.237 e. The molecule has 0 saturated carbocycles.